The highest BCUT2D eigenvalue weighted by Gasteiger charge is 2.23. The van der Waals surface area contributed by atoms with Crippen molar-refractivity contribution >= 4 is 15.7 Å². The number of ether oxygens (including phenoxy) is 1. The molecule has 0 aliphatic rings. The molecule has 0 amide bonds. The van der Waals surface area contributed by atoms with E-state index in [9.17, 15) is 17.6 Å². The van der Waals surface area contributed by atoms with Crippen molar-refractivity contribution in [2.24, 2.45) is 7.05 Å². The standard InChI is InChI=1S/C18H18FN3O4S/c1-12-17(18(23)22(21(12)2)13-7-5-4-6-8-13)20-27(24,25)14-9-10-15(19)16(11-14)26-3/h4-11,20H,1-3H3. The molecule has 27 heavy (non-hydrogen) atoms. The SMILES string of the molecule is COc1cc(S(=O)(=O)Nc2c(C)n(C)n(-c3ccccc3)c2=O)ccc1F. The van der Waals surface area contributed by atoms with Crippen LogP contribution in [0, 0.1) is 12.7 Å². The lowest BCUT2D eigenvalue weighted by molar-refractivity contribution is 0.385. The summed E-state index contributed by atoms with van der Waals surface area (Å²) >= 11 is 0. The van der Waals surface area contributed by atoms with Crippen LogP contribution in [0.3, 0.4) is 0 Å². The van der Waals surface area contributed by atoms with Gasteiger partial charge in [-0.15, -0.1) is 0 Å². The predicted octanol–water partition coefficient (Wildman–Crippen LogP) is 2.43. The minimum atomic E-state index is -4.12. The van der Waals surface area contributed by atoms with Gasteiger partial charge < -0.3 is 4.74 Å². The molecule has 0 saturated carbocycles. The van der Waals surface area contributed by atoms with E-state index < -0.39 is 21.4 Å². The Kier molecular flexibility index (Phi) is 4.79. The zero-order chi connectivity index (χ0) is 19.8. The lowest BCUT2D eigenvalue weighted by Crippen LogP contribution is -2.23. The van der Waals surface area contributed by atoms with E-state index in [1.807, 2.05) is 6.07 Å². The van der Waals surface area contributed by atoms with Crippen LogP contribution in [0.1, 0.15) is 5.69 Å². The van der Waals surface area contributed by atoms with Crippen molar-refractivity contribution in [1.29, 1.82) is 0 Å². The number of methoxy groups -OCH3 is 1. The number of benzene rings is 2. The highest BCUT2D eigenvalue weighted by Crippen LogP contribution is 2.24. The smallest absolute Gasteiger partial charge is 0.296 e. The zero-order valence-electron chi connectivity index (χ0n) is 14.9. The molecule has 0 radical (unpaired) electrons. The molecule has 3 aromatic rings. The fourth-order valence-corrected chi connectivity index (χ4v) is 3.82. The normalized spacial score (nSPS) is 11.4. The molecule has 0 unspecified atom stereocenters. The number of sulfonamides is 1. The van der Waals surface area contributed by atoms with Crippen LogP contribution < -0.4 is 15.0 Å². The Hall–Kier alpha value is -3.07. The monoisotopic (exact) mass is 391 g/mol. The van der Waals surface area contributed by atoms with Gasteiger partial charge in [-0.05, 0) is 31.2 Å². The van der Waals surface area contributed by atoms with Gasteiger partial charge in [0, 0.05) is 13.1 Å². The first-order chi connectivity index (χ1) is 12.8. The summed E-state index contributed by atoms with van der Waals surface area (Å²) in [6.07, 6.45) is 0. The van der Waals surface area contributed by atoms with Crippen molar-refractivity contribution in [2.75, 3.05) is 11.8 Å². The van der Waals surface area contributed by atoms with Gasteiger partial charge >= 0.3 is 0 Å². The van der Waals surface area contributed by atoms with Gasteiger partial charge in [0.15, 0.2) is 11.6 Å². The van der Waals surface area contributed by atoms with E-state index in [2.05, 4.69) is 4.72 Å². The van der Waals surface area contributed by atoms with Gasteiger partial charge in [-0.2, -0.15) is 0 Å². The minimum Gasteiger partial charge on any atom is -0.494 e. The van der Waals surface area contributed by atoms with Crippen molar-refractivity contribution < 1.29 is 17.5 Å². The first-order valence-corrected chi connectivity index (χ1v) is 9.45. The Morgan fingerprint density at radius 2 is 1.78 bits per heavy atom. The summed E-state index contributed by atoms with van der Waals surface area (Å²) in [6.45, 7) is 1.63. The number of anilines is 1. The third-order valence-electron chi connectivity index (χ3n) is 4.22. The van der Waals surface area contributed by atoms with E-state index in [0.29, 0.717) is 11.4 Å². The lowest BCUT2D eigenvalue weighted by Gasteiger charge is -2.09. The molecular weight excluding hydrogens is 373 g/mol. The van der Waals surface area contributed by atoms with E-state index in [-0.39, 0.29) is 16.3 Å². The molecule has 1 N–H and O–H groups in total. The highest BCUT2D eigenvalue weighted by molar-refractivity contribution is 7.92. The first-order valence-electron chi connectivity index (χ1n) is 7.96. The summed E-state index contributed by atoms with van der Waals surface area (Å²) in [5.41, 5.74) is 0.437. The lowest BCUT2D eigenvalue weighted by atomic mass is 10.3. The third-order valence-corrected chi connectivity index (χ3v) is 5.57. The molecule has 9 heteroatoms. The summed E-state index contributed by atoms with van der Waals surface area (Å²) in [5.74, 6) is -0.886. The molecule has 0 aliphatic carbocycles. The third kappa shape index (κ3) is 3.33. The fraction of sp³-hybridized carbons (Fsp3) is 0.167. The molecule has 0 spiro atoms. The van der Waals surface area contributed by atoms with Gasteiger partial charge in [0.1, 0.15) is 5.69 Å². The van der Waals surface area contributed by atoms with E-state index in [0.717, 1.165) is 18.2 Å². The predicted molar refractivity (Wildman–Crippen MR) is 99.5 cm³/mol. The fourth-order valence-electron chi connectivity index (χ4n) is 2.69. The van der Waals surface area contributed by atoms with Crippen LogP contribution in [0.4, 0.5) is 10.1 Å². The number of hydrogen-bond donors (Lipinski definition) is 1. The average molecular weight is 391 g/mol. The highest BCUT2D eigenvalue weighted by atomic mass is 32.2. The Balaban J connectivity index is 2.07. The number of aromatic nitrogens is 2. The van der Waals surface area contributed by atoms with Crippen LogP contribution in [0.5, 0.6) is 5.75 Å². The molecule has 1 heterocycles. The molecule has 0 saturated heterocycles. The summed E-state index contributed by atoms with van der Waals surface area (Å²) in [6, 6.07) is 12.0. The van der Waals surface area contributed by atoms with Crippen LogP contribution in [0.25, 0.3) is 5.69 Å². The van der Waals surface area contributed by atoms with Gasteiger partial charge in [0.2, 0.25) is 0 Å². The van der Waals surface area contributed by atoms with Gasteiger partial charge in [-0.25, -0.2) is 17.5 Å². The summed E-state index contributed by atoms with van der Waals surface area (Å²) in [7, 11) is -1.22. The van der Waals surface area contributed by atoms with E-state index in [1.165, 1.54) is 11.8 Å². The molecule has 142 valence electrons. The quantitative estimate of drug-likeness (QED) is 0.724. The van der Waals surface area contributed by atoms with E-state index in [4.69, 9.17) is 4.74 Å². The zero-order valence-corrected chi connectivity index (χ0v) is 15.7. The largest absolute Gasteiger partial charge is 0.494 e. The maximum Gasteiger partial charge on any atom is 0.296 e. The summed E-state index contributed by atoms with van der Waals surface area (Å²) in [5, 5.41) is 0. The van der Waals surface area contributed by atoms with Crippen LogP contribution in [-0.2, 0) is 17.1 Å². The first kappa shape index (κ1) is 18.7. The Bertz CT molecular complexity index is 1150. The van der Waals surface area contributed by atoms with Crippen molar-refractivity contribution in [3.05, 3.63) is 70.4 Å². The molecule has 0 aliphatic heterocycles. The second kappa shape index (κ2) is 6.92. The van der Waals surface area contributed by atoms with E-state index >= 15 is 0 Å². The van der Waals surface area contributed by atoms with Gasteiger partial charge in [0.25, 0.3) is 15.6 Å². The van der Waals surface area contributed by atoms with Gasteiger partial charge in [-0.3, -0.25) is 14.2 Å². The minimum absolute atomic E-state index is 0.0790. The number of hydrogen-bond acceptors (Lipinski definition) is 4. The van der Waals surface area contributed by atoms with Crippen LogP contribution in [-0.4, -0.2) is 24.9 Å². The number of para-hydroxylation sites is 1. The molecule has 0 fully saturated rings. The van der Waals surface area contributed by atoms with Crippen LogP contribution in [0.2, 0.25) is 0 Å². The molecule has 7 nitrogen and oxygen atoms in total. The van der Waals surface area contributed by atoms with Crippen molar-refractivity contribution in [2.45, 2.75) is 11.8 Å². The Morgan fingerprint density at radius 3 is 2.41 bits per heavy atom. The summed E-state index contributed by atoms with van der Waals surface area (Å²) in [4.78, 5) is 12.6. The van der Waals surface area contributed by atoms with Crippen molar-refractivity contribution in [3.8, 4) is 11.4 Å². The number of rotatable bonds is 5. The second-order valence-corrected chi connectivity index (χ2v) is 7.52. The molecular formula is C18H18FN3O4S. The van der Waals surface area contributed by atoms with E-state index in [1.54, 1.807) is 42.9 Å². The number of nitrogens with zero attached hydrogens (tertiary/aromatic N) is 2. The molecule has 1 aromatic heterocycles. The van der Waals surface area contributed by atoms with Crippen LogP contribution >= 0.6 is 0 Å². The maximum atomic E-state index is 13.6. The Labute approximate surface area is 155 Å². The van der Waals surface area contributed by atoms with Crippen molar-refractivity contribution in [3.63, 3.8) is 0 Å². The van der Waals surface area contributed by atoms with Gasteiger partial charge in [-0.1, -0.05) is 18.2 Å². The average Bonchev–Trinajstić information content (AvgIpc) is 2.86. The molecule has 0 atom stereocenters. The van der Waals surface area contributed by atoms with Crippen molar-refractivity contribution in [1.82, 2.24) is 9.36 Å². The maximum absolute atomic E-state index is 13.6. The molecule has 0 bridgehead atoms. The van der Waals surface area contributed by atoms with Crippen LogP contribution in [0.15, 0.2) is 58.2 Å². The topological polar surface area (TPSA) is 82.3 Å². The Morgan fingerprint density at radius 1 is 1.11 bits per heavy atom. The molecule has 2 aromatic carbocycles. The second-order valence-electron chi connectivity index (χ2n) is 5.84. The van der Waals surface area contributed by atoms with Gasteiger partial charge in [0.05, 0.1) is 23.4 Å². The molecule has 3 rings (SSSR count). The number of halogens is 1. The summed E-state index contributed by atoms with van der Waals surface area (Å²) < 4.78 is 49.0. The number of nitrogens with one attached hydrogen (secondary N) is 1.